The SMILES string of the molecule is COC(=O)C1(c2ccc(F)cc2F)CC1C. The largest absolute Gasteiger partial charge is 0.468 e. The molecule has 1 aliphatic rings. The Balaban J connectivity index is 2.47. The van der Waals surface area contributed by atoms with E-state index in [0.717, 1.165) is 12.1 Å². The van der Waals surface area contributed by atoms with Crippen LogP contribution in [0.5, 0.6) is 0 Å². The van der Waals surface area contributed by atoms with Crippen molar-refractivity contribution in [2.75, 3.05) is 7.11 Å². The number of halogens is 2. The van der Waals surface area contributed by atoms with Gasteiger partial charge in [-0.1, -0.05) is 13.0 Å². The number of ether oxygens (including phenoxy) is 1. The van der Waals surface area contributed by atoms with E-state index < -0.39 is 23.0 Å². The highest BCUT2D eigenvalue weighted by molar-refractivity contribution is 5.87. The van der Waals surface area contributed by atoms with Crippen LogP contribution in [-0.2, 0) is 14.9 Å². The molecule has 0 saturated heterocycles. The summed E-state index contributed by atoms with van der Waals surface area (Å²) in [6.45, 7) is 1.85. The third-order valence-corrected chi connectivity index (χ3v) is 3.27. The lowest BCUT2D eigenvalue weighted by atomic mass is 9.93. The number of methoxy groups -OCH3 is 1. The van der Waals surface area contributed by atoms with Gasteiger partial charge in [0.05, 0.1) is 12.5 Å². The van der Waals surface area contributed by atoms with Gasteiger partial charge in [0, 0.05) is 11.6 Å². The van der Waals surface area contributed by atoms with Gasteiger partial charge in [-0.05, 0) is 18.4 Å². The number of carbonyl (C=O) groups is 1. The smallest absolute Gasteiger partial charge is 0.316 e. The van der Waals surface area contributed by atoms with Gasteiger partial charge in [-0.3, -0.25) is 4.79 Å². The number of carbonyl (C=O) groups excluding carboxylic acids is 1. The highest BCUT2D eigenvalue weighted by Gasteiger charge is 2.60. The molecule has 1 saturated carbocycles. The number of rotatable bonds is 2. The second-order valence-electron chi connectivity index (χ2n) is 4.19. The lowest BCUT2D eigenvalue weighted by Crippen LogP contribution is -2.25. The monoisotopic (exact) mass is 226 g/mol. The van der Waals surface area contributed by atoms with Crippen molar-refractivity contribution >= 4 is 5.97 Å². The Morgan fingerprint density at radius 3 is 2.56 bits per heavy atom. The van der Waals surface area contributed by atoms with E-state index in [1.807, 2.05) is 6.92 Å². The number of benzene rings is 1. The second kappa shape index (κ2) is 3.54. The Hall–Kier alpha value is -1.45. The van der Waals surface area contributed by atoms with E-state index in [1.54, 1.807) is 0 Å². The lowest BCUT2D eigenvalue weighted by molar-refractivity contribution is -0.144. The molecule has 2 nitrogen and oxygen atoms in total. The average molecular weight is 226 g/mol. The first-order chi connectivity index (χ1) is 7.52. The minimum Gasteiger partial charge on any atom is -0.468 e. The van der Waals surface area contributed by atoms with Gasteiger partial charge >= 0.3 is 5.97 Å². The second-order valence-corrected chi connectivity index (χ2v) is 4.19. The molecule has 1 aliphatic carbocycles. The van der Waals surface area contributed by atoms with Gasteiger partial charge in [0.25, 0.3) is 0 Å². The molecule has 0 radical (unpaired) electrons. The van der Waals surface area contributed by atoms with Crippen molar-refractivity contribution in [1.82, 2.24) is 0 Å². The van der Waals surface area contributed by atoms with Crippen molar-refractivity contribution < 1.29 is 18.3 Å². The maximum atomic E-state index is 13.6. The Bertz CT molecular complexity index is 445. The summed E-state index contributed by atoms with van der Waals surface area (Å²) < 4.78 is 31.1. The average Bonchev–Trinajstić information content (AvgIpc) is 2.90. The zero-order valence-corrected chi connectivity index (χ0v) is 9.09. The van der Waals surface area contributed by atoms with E-state index in [1.165, 1.54) is 13.2 Å². The molecule has 4 heteroatoms. The van der Waals surface area contributed by atoms with Crippen molar-refractivity contribution in [3.63, 3.8) is 0 Å². The zero-order chi connectivity index (χ0) is 11.9. The van der Waals surface area contributed by atoms with Crippen LogP contribution in [0.1, 0.15) is 18.9 Å². The van der Waals surface area contributed by atoms with Crippen molar-refractivity contribution in [2.24, 2.45) is 5.92 Å². The first-order valence-electron chi connectivity index (χ1n) is 5.06. The Morgan fingerprint density at radius 1 is 1.50 bits per heavy atom. The molecule has 0 amide bonds. The molecule has 1 aromatic carbocycles. The van der Waals surface area contributed by atoms with Crippen LogP contribution >= 0.6 is 0 Å². The van der Waals surface area contributed by atoms with Crippen LogP contribution in [-0.4, -0.2) is 13.1 Å². The molecule has 0 aromatic heterocycles. The molecule has 0 heterocycles. The lowest BCUT2D eigenvalue weighted by Gasteiger charge is -2.15. The quantitative estimate of drug-likeness (QED) is 0.724. The predicted molar refractivity (Wildman–Crippen MR) is 53.8 cm³/mol. The summed E-state index contributed by atoms with van der Waals surface area (Å²) in [5.41, 5.74) is -0.680. The molecule has 16 heavy (non-hydrogen) atoms. The standard InChI is InChI=1S/C12H12F2O2/c1-7-6-12(7,11(15)16-2)9-4-3-8(13)5-10(9)14/h3-5,7H,6H2,1-2H3. The summed E-state index contributed by atoms with van der Waals surface area (Å²) in [6, 6.07) is 3.28. The number of esters is 1. The van der Waals surface area contributed by atoms with E-state index in [2.05, 4.69) is 4.74 Å². The minimum atomic E-state index is -0.910. The fourth-order valence-corrected chi connectivity index (χ4v) is 2.23. The van der Waals surface area contributed by atoms with Gasteiger partial charge < -0.3 is 4.74 Å². The van der Waals surface area contributed by atoms with Crippen molar-refractivity contribution in [3.05, 3.63) is 35.4 Å². The van der Waals surface area contributed by atoms with E-state index in [-0.39, 0.29) is 11.5 Å². The maximum Gasteiger partial charge on any atom is 0.316 e. The topological polar surface area (TPSA) is 26.3 Å². The van der Waals surface area contributed by atoms with E-state index in [9.17, 15) is 13.6 Å². The summed E-state index contributed by atoms with van der Waals surface area (Å²) in [6.07, 6.45) is 0.544. The molecule has 0 spiro atoms. The zero-order valence-electron chi connectivity index (χ0n) is 9.09. The Morgan fingerprint density at radius 2 is 2.12 bits per heavy atom. The summed E-state index contributed by atoms with van der Waals surface area (Å²) >= 11 is 0. The Labute approximate surface area is 92.2 Å². The molecule has 0 aliphatic heterocycles. The third kappa shape index (κ3) is 1.40. The first-order valence-corrected chi connectivity index (χ1v) is 5.06. The number of hydrogen-bond donors (Lipinski definition) is 0. The van der Waals surface area contributed by atoms with Gasteiger partial charge in [0.15, 0.2) is 0 Å². The van der Waals surface area contributed by atoms with E-state index in [0.29, 0.717) is 6.42 Å². The van der Waals surface area contributed by atoms with E-state index >= 15 is 0 Å². The van der Waals surface area contributed by atoms with Crippen LogP contribution in [0, 0.1) is 17.6 Å². The molecular formula is C12H12F2O2. The minimum absolute atomic E-state index is 0.0277. The van der Waals surface area contributed by atoms with Crippen LogP contribution in [0.4, 0.5) is 8.78 Å². The predicted octanol–water partition coefficient (Wildman–Crippen LogP) is 2.42. The molecule has 1 fully saturated rings. The molecule has 86 valence electrons. The molecule has 2 rings (SSSR count). The Kier molecular flexibility index (Phi) is 2.45. The normalized spacial score (nSPS) is 27.6. The highest BCUT2D eigenvalue weighted by atomic mass is 19.1. The summed E-state index contributed by atoms with van der Waals surface area (Å²) in [5.74, 6) is -1.75. The first kappa shape index (κ1) is 11.0. The molecule has 1 aromatic rings. The number of hydrogen-bond acceptors (Lipinski definition) is 2. The summed E-state index contributed by atoms with van der Waals surface area (Å²) in [5, 5.41) is 0. The van der Waals surface area contributed by atoms with Gasteiger partial charge in [0.1, 0.15) is 11.6 Å². The van der Waals surface area contributed by atoms with Gasteiger partial charge in [-0.15, -0.1) is 0 Å². The summed E-state index contributed by atoms with van der Waals surface area (Å²) in [4.78, 5) is 11.7. The molecule has 2 atom stereocenters. The van der Waals surface area contributed by atoms with Crippen molar-refractivity contribution in [2.45, 2.75) is 18.8 Å². The highest BCUT2D eigenvalue weighted by Crippen LogP contribution is 2.55. The van der Waals surface area contributed by atoms with Gasteiger partial charge in [-0.2, -0.15) is 0 Å². The van der Waals surface area contributed by atoms with Gasteiger partial charge in [0.2, 0.25) is 0 Å². The molecular weight excluding hydrogens is 214 g/mol. The fraction of sp³-hybridized carbons (Fsp3) is 0.417. The van der Waals surface area contributed by atoms with Crippen molar-refractivity contribution in [1.29, 1.82) is 0 Å². The van der Waals surface area contributed by atoms with Crippen molar-refractivity contribution in [3.8, 4) is 0 Å². The van der Waals surface area contributed by atoms with Crippen LogP contribution < -0.4 is 0 Å². The third-order valence-electron chi connectivity index (χ3n) is 3.27. The molecule has 2 unspecified atom stereocenters. The maximum absolute atomic E-state index is 13.6. The van der Waals surface area contributed by atoms with E-state index in [4.69, 9.17) is 0 Å². The molecule has 0 N–H and O–H groups in total. The van der Waals surface area contributed by atoms with Crippen LogP contribution in [0.15, 0.2) is 18.2 Å². The molecule has 0 bridgehead atoms. The van der Waals surface area contributed by atoms with Crippen LogP contribution in [0.25, 0.3) is 0 Å². The van der Waals surface area contributed by atoms with Gasteiger partial charge in [-0.25, -0.2) is 8.78 Å². The summed E-state index contributed by atoms with van der Waals surface area (Å²) in [7, 11) is 1.27. The van der Waals surface area contributed by atoms with Crippen LogP contribution in [0.3, 0.4) is 0 Å². The fourth-order valence-electron chi connectivity index (χ4n) is 2.23. The van der Waals surface area contributed by atoms with Crippen LogP contribution in [0.2, 0.25) is 0 Å².